The van der Waals surface area contributed by atoms with Gasteiger partial charge in [-0.1, -0.05) is 0 Å². The topological polar surface area (TPSA) is 166 Å². The summed E-state index contributed by atoms with van der Waals surface area (Å²) in [5, 5.41) is 19.9. The van der Waals surface area contributed by atoms with E-state index in [1.165, 1.54) is 19.1 Å². The van der Waals surface area contributed by atoms with Crippen molar-refractivity contribution in [2.45, 2.75) is 19.6 Å². The fourth-order valence-corrected chi connectivity index (χ4v) is 3.77. The van der Waals surface area contributed by atoms with E-state index in [1.54, 1.807) is 6.07 Å². The second kappa shape index (κ2) is 8.69. The summed E-state index contributed by atoms with van der Waals surface area (Å²) in [6.07, 6.45) is -5.04. The van der Waals surface area contributed by atoms with Crippen LogP contribution < -0.4 is 11.5 Å². The molecule has 3 aromatic heterocycles. The predicted molar refractivity (Wildman–Crippen MR) is 116 cm³/mol. The number of primary amides is 2. The summed E-state index contributed by atoms with van der Waals surface area (Å²) in [5.74, 6) is -3.22. The normalized spacial score (nSPS) is 11.4. The number of nitrogens with zero attached hydrogens (tertiary/aromatic N) is 6. The Kier molecular flexibility index (Phi) is 5.84. The number of rotatable bonds is 5. The van der Waals surface area contributed by atoms with Crippen LogP contribution in [0.2, 0.25) is 0 Å². The Hall–Kier alpha value is -4.93. The predicted octanol–water partition coefficient (Wildman–Crippen LogP) is 2.47. The van der Waals surface area contributed by atoms with E-state index >= 15 is 0 Å². The zero-order valence-corrected chi connectivity index (χ0v) is 18.3. The van der Waals surface area contributed by atoms with Crippen molar-refractivity contribution in [1.82, 2.24) is 25.0 Å². The fraction of sp³-hybridized carbons (Fsp3) is 0.136. The summed E-state index contributed by atoms with van der Waals surface area (Å²) in [5.41, 5.74) is 6.93. The number of carbonyl (C=O) groups excluding carboxylic acids is 2. The number of nitrogens with two attached hydrogens (primary N) is 2. The lowest BCUT2D eigenvalue weighted by Gasteiger charge is -2.16. The number of benzene rings is 1. The van der Waals surface area contributed by atoms with E-state index in [0.29, 0.717) is 0 Å². The number of pyridine rings is 1. The molecule has 0 atom stereocenters. The number of nitriles is 1. The summed E-state index contributed by atoms with van der Waals surface area (Å²) in [6.45, 7) is 0.983. The smallest absolute Gasteiger partial charge is 0.366 e. The molecular formula is C22H14F4N8O2. The number of halogens is 4. The molecule has 0 radical (unpaired) electrons. The van der Waals surface area contributed by atoms with E-state index < -0.39 is 51.9 Å². The van der Waals surface area contributed by atoms with Crippen LogP contribution in [0.3, 0.4) is 0 Å². The molecule has 1 aromatic carbocycles. The third-order valence-electron chi connectivity index (χ3n) is 5.30. The van der Waals surface area contributed by atoms with Crippen LogP contribution in [0.4, 0.5) is 17.6 Å². The quantitative estimate of drug-likeness (QED) is 0.399. The van der Waals surface area contributed by atoms with E-state index in [9.17, 15) is 27.2 Å². The van der Waals surface area contributed by atoms with Gasteiger partial charge in [0, 0.05) is 28.3 Å². The molecule has 0 unspecified atom stereocenters. The van der Waals surface area contributed by atoms with Gasteiger partial charge in [0.1, 0.15) is 17.6 Å². The van der Waals surface area contributed by atoms with Crippen molar-refractivity contribution in [3.8, 4) is 17.2 Å². The number of aromatic nitrogens is 5. The van der Waals surface area contributed by atoms with Gasteiger partial charge < -0.3 is 11.5 Å². The molecule has 36 heavy (non-hydrogen) atoms. The fourth-order valence-electron chi connectivity index (χ4n) is 3.77. The largest absolute Gasteiger partial charge is 0.435 e. The molecule has 0 aliphatic heterocycles. The Morgan fingerprint density at radius 3 is 2.36 bits per heavy atom. The Labute approximate surface area is 199 Å². The highest BCUT2D eigenvalue weighted by molar-refractivity contribution is 6.15. The lowest BCUT2D eigenvalue weighted by molar-refractivity contribution is -0.141. The van der Waals surface area contributed by atoms with Gasteiger partial charge in [-0.25, -0.2) is 9.37 Å². The number of fused-ring (bicyclic) bond motifs is 1. The van der Waals surface area contributed by atoms with E-state index in [4.69, 9.17) is 16.7 Å². The Bertz CT molecular complexity index is 1590. The second-order valence-corrected chi connectivity index (χ2v) is 7.59. The van der Waals surface area contributed by atoms with Gasteiger partial charge in [-0.3, -0.25) is 14.3 Å². The first-order valence-electron chi connectivity index (χ1n) is 10.0. The molecule has 182 valence electrons. The number of amides is 2. The summed E-state index contributed by atoms with van der Waals surface area (Å²) in [7, 11) is 0. The standard InChI is InChI=1S/C22H14F4N8O2/c1-9-15(19(22(24,25)26)33-34(9)8-12-4-3-11(7-27)31-32-12)17-16(20(28)35)13-5-2-10(23)6-14(13)30-18(17)21(29)36/h2-6H,8H2,1H3,(H2,28,35)(H2,29,36). The molecule has 4 aromatic rings. The molecule has 0 aliphatic rings. The number of hydrogen-bond donors (Lipinski definition) is 2. The van der Waals surface area contributed by atoms with Crippen molar-refractivity contribution in [3.05, 3.63) is 70.2 Å². The van der Waals surface area contributed by atoms with E-state index in [0.717, 1.165) is 22.9 Å². The van der Waals surface area contributed by atoms with Crippen LogP contribution in [0.5, 0.6) is 0 Å². The lowest BCUT2D eigenvalue weighted by Crippen LogP contribution is -2.21. The van der Waals surface area contributed by atoms with E-state index in [-0.39, 0.29) is 34.5 Å². The van der Waals surface area contributed by atoms with Crippen molar-refractivity contribution in [2.75, 3.05) is 0 Å². The highest BCUT2D eigenvalue weighted by Crippen LogP contribution is 2.42. The molecule has 0 aliphatic carbocycles. The Balaban J connectivity index is 2.07. The lowest BCUT2D eigenvalue weighted by atomic mass is 9.92. The third-order valence-corrected chi connectivity index (χ3v) is 5.30. The Morgan fingerprint density at radius 1 is 1.08 bits per heavy atom. The molecule has 2 amide bonds. The molecule has 3 heterocycles. The molecule has 0 saturated carbocycles. The second-order valence-electron chi connectivity index (χ2n) is 7.59. The van der Waals surface area contributed by atoms with Gasteiger partial charge in [-0.2, -0.15) is 28.6 Å². The summed E-state index contributed by atoms with van der Waals surface area (Å²) in [4.78, 5) is 28.7. The van der Waals surface area contributed by atoms with Crippen molar-refractivity contribution < 1.29 is 27.2 Å². The maximum Gasteiger partial charge on any atom is 0.435 e. The molecule has 14 heteroatoms. The van der Waals surface area contributed by atoms with Crippen LogP contribution in [0, 0.1) is 24.1 Å². The first-order chi connectivity index (χ1) is 16.9. The SMILES string of the molecule is Cc1c(-c2c(C(N)=O)nc3cc(F)ccc3c2C(N)=O)c(C(F)(F)F)nn1Cc1ccc(C#N)nn1. The summed E-state index contributed by atoms with van der Waals surface area (Å²) >= 11 is 0. The Morgan fingerprint density at radius 2 is 1.81 bits per heavy atom. The van der Waals surface area contributed by atoms with Crippen molar-refractivity contribution in [1.29, 1.82) is 5.26 Å². The average molecular weight is 498 g/mol. The maximum atomic E-state index is 14.2. The number of carbonyl (C=O) groups is 2. The van der Waals surface area contributed by atoms with Crippen LogP contribution in [0.25, 0.3) is 22.0 Å². The highest BCUT2D eigenvalue weighted by Gasteiger charge is 2.41. The van der Waals surface area contributed by atoms with Crippen LogP contribution in [-0.4, -0.2) is 36.8 Å². The number of hydrogen-bond acceptors (Lipinski definition) is 7. The molecule has 0 spiro atoms. The van der Waals surface area contributed by atoms with Crippen LogP contribution in [0.1, 0.15) is 43.6 Å². The molecule has 10 nitrogen and oxygen atoms in total. The minimum absolute atomic E-state index is 0.00322. The van der Waals surface area contributed by atoms with Crippen molar-refractivity contribution in [2.24, 2.45) is 11.5 Å². The monoisotopic (exact) mass is 498 g/mol. The van der Waals surface area contributed by atoms with Gasteiger partial charge in [0.25, 0.3) is 5.91 Å². The van der Waals surface area contributed by atoms with Gasteiger partial charge in [-0.15, -0.1) is 5.10 Å². The molecule has 0 fully saturated rings. The summed E-state index contributed by atoms with van der Waals surface area (Å²) in [6, 6.07) is 7.46. The van der Waals surface area contributed by atoms with Gasteiger partial charge in [0.2, 0.25) is 5.91 Å². The van der Waals surface area contributed by atoms with E-state index in [1.807, 2.05) is 0 Å². The molecule has 0 saturated heterocycles. The minimum Gasteiger partial charge on any atom is -0.366 e. The maximum absolute atomic E-state index is 14.2. The first-order valence-corrected chi connectivity index (χ1v) is 10.0. The van der Waals surface area contributed by atoms with Gasteiger partial charge in [0.05, 0.1) is 23.3 Å². The zero-order valence-electron chi connectivity index (χ0n) is 18.3. The number of alkyl halides is 3. The van der Waals surface area contributed by atoms with Gasteiger partial charge in [0.15, 0.2) is 11.4 Å². The molecule has 4 N–H and O–H groups in total. The van der Waals surface area contributed by atoms with Crippen LogP contribution in [0.15, 0.2) is 30.3 Å². The average Bonchev–Trinajstić information content (AvgIpc) is 3.14. The minimum atomic E-state index is -5.04. The van der Waals surface area contributed by atoms with Crippen molar-refractivity contribution >= 4 is 22.7 Å². The highest BCUT2D eigenvalue weighted by atomic mass is 19.4. The van der Waals surface area contributed by atoms with Crippen molar-refractivity contribution in [3.63, 3.8) is 0 Å². The van der Waals surface area contributed by atoms with Crippen LogP contribution in [-0.2, 0) is 12.7 Å². The van der Waals surface area contributed by atoms with Gasteiger partial charge >= 0.3 is 6.18 Å². The first kappa shape index (κ1) is 24.2. The van der Waals surface area contributed by atoms with E-state index in [2.05, 4.69) is 20.3 Å². The molecular weight excluding hydrogens is 484 g/mol. The zero-order chi connectivity index (χ0) is 26.4. The summed E-state index contributed by atoms with van der Waals surface area (Å²) < 4.78 is 57.2. The van der Waals surface area contributed by atoms with Gasteiger partial charge in [-0.05, 0) is 31.2 Å². The molecule has 0 bridgehead atoms. The molecule has 4 rings (SSSR count). The third kappa shape index (κ3) is 4.17. The van der Waals surface area contributed by atoms with Crippen LogP contribution >= 0.6 is 0 Å².